The Morgan fingerprint density at radius 1 is 1.25 bits per heavy atom. The summed E-state index contributed by atoms with van der Waals surface area (Å²) in [6.45, 7) is 1.66. The summed E-state index contributed by atoms with van der Waals surface area (Å²) in [4.78, 5) is 24.8. The zero-order chi connectivity index (χ0) is 17.4. The van der Waals surface area contributed by atoms with Gasteiger partial charge >= 0.3 is 5.97 Å². The van der Waals surface area contributed by atoms with Gasteiger partial charge in [0.2, 0.25) is 0 Å². The van der Waals surface area contributed by atoms with Crippen LogP contribution in [0, 0.1) is 0 Å². The van der Waals surface area contributed by atoms with Crippen LogP contribution in [-0.4, -0.2) is 18.5 Å². The summed E-state index contributed by atoms with van der Waals surface area (Å²) in [6.07, 6.45) is 1.92. The molecule has 1 N–H and O–H groups in total. The molecule has 0 aliphatic carbocycles. The Labute approximate surface area is 154 Å². The van der Waals surface area contributed by atoms with Gasteiger partial charge in [-0.3, -0.25) is 9.59 Å². The van der Waals surface area contributed by atoms with Gasteiger partial charge < -0.3 is 10.1 Å². The van der Waals surface area contributed by atoms with E-state index in [2.05, 4.69) is 21.2 Å². The molecular formula is C18H20BrNO3S. The average Bonchev–Trinajstić information content (AvgIpc) is 3.07. The molecule has 0 saturated heterocycles. The molecule has 0 radical (unpaired) electrons. The molecule has 0 fully saturated rings. The van der Waals surface area contributed by atoms with E-state index in [9.17, 15) is 9.59 Å². The lowest BCUT2D eigenvalue weighted by Gasteiger charge is -2.14. The van der Waals surface area contributed by atoms with Gasteiger partial charge in [-0.25, -0.2) is 0 Å². The van der Waals surface area contributed by atoms with Gasteiger partial charge in [0.15, 0.2) is 6.61 Å². The second-order valence-electron chi connectivity index (χ2n) is 5.43. The van der Waals surface area contributed by atoms with Crippen LogP contribution >= 0.6 is 27.3 Å². The minimum absolute atomic E-state index is 0.136. The summed E-state index contributed by atoms with van der Waals surface area (Å²) in [5.74, 6) is -0.630. The summed E-state index contributed by atoms with van der Waals surface area (Å²) in [6, 6.07) is 11.6. The van der Waals surface area contributed by atoms with E-state index in [4.69, 9.17) is 4.74 Å². The Morgan fingerprint density at radius 2 is 2.00 bits per heavy atom. The smallest absolute Gasteiger partial charge is 0.306 e. The molecular weight excluding hydrogens is 390 g/mol. The molecule has 1 amide bonds. The number of benzene rings is 1. The van der Waals surface area contributed by atoms with Gasteiger partial charge in [-0.1, -0.05) is 34.1 Å². The number of carbonyl (C=O) groups excluding carboxylic acids is 2. The van der Waals surface area contributed by atoms with E-state index in [1.165, 1.54) is 4.88 Å². The highest BCUT2D eigenvalue weighted by molar-refractivity contribution is 9.10. The normalized spacial score (nSPS) is 11.8. The molecule has 0 unspecified atom stereocenters. The van der Waals surface area contributed by atoms with E-state index in [1.54, 1.807) is 11.3 Å². The number of hydrogen-bond acceptors (Lipinski definition) is 4. The van der Waals surface area contributed by atoms with Crippen molar-refractivity contribution in [3.63, 3.8) is 0 Å². The van der Waals surface area contributed by atoms with E-state index in [1.807, 2.05) is 48.7 Å². The molecule has 6 heteroatoms. The molecule has 128 valence electrons. The van der Waals surface area contributed by atoms with Gasteiger partial charge in [-0.05, 0) is 48.9 Å². The molecule has 1 heterocycles. The molecule has 4 nitrogen and oxygen atoms in total. The van der Waals surface area contributed by atoms with Gasteiger partial charge in [0.1, 0.15) is 0 Å². The number of hydrogen-bond donors (Lipinski definition) is 1. The van der Waals surface area contributed by atoms with E-state index in [-0.39, 0.29) is 24.5 Å². The van der Waals surface area contributed by atoms with Crippen LogP contribution in [-0.2, 0) is 20.7 Å². The average molecular weight is 410 g/mol. The van der Waals surface area contributed by atoms with Gasteiger partial charge in [0.05, 0.1) is 6.04 Å². The lowest BCUT2D eigenvalue weighted by Crippen LogP contribution is -2.31. The molecule has 24 heavy (non-hydrogen) atoms. The summed E-state index contributed by atoms with van der Waals surface area (Å²) in [5.41, 5.74) is 0.994. The minimum atomic E-state index is -0.335. The predicted molar refractivity (Wildman–Crippen MR) is 98.9 cm³/mol. The first kappa shape index (κ1) is 18.7. The van der Waals surface area contributed by atoms with Crippen molar-refractivity contribution < 1.29 is 14.3 Å². The van der Waals surface area contributed by atoms with Crippen LogP contribution in [0.5, 0.6) is 0 Å². The van der Waals surface area contributed by atoms with Crippen molar-refractivity contribution in [3.05, 3.63) is 56.7 Å². The maximum atomic E-state index is 11.9. The van der Waals surface area contributed by atoms with E-state index in [0.29, 0.717) is 6.42 Å². The number of rotatable bonds is 8. The van der Waals surface area contributed by atoms with E-state index in [0.717, 1.165) is 22.9 Å². The third kappa shape index (κ3) is 6.45. The number of thiophene rings is 1. The fourth-order valence-corrected chi connectivity index (χ4v) is 3.21. The number of amides is 1. The van der Waals surface area contributed by atoms with Crippen molar-refractivity contribution >= 4 is 39.1 Å². The summed E-state index contributed by atoms with van der Waals surface area (Å²) < 4.78 is 6.01. The largest absolute Gasteiger partial charge is 0.456 e. The Balaban J connectivity index is 1.64. The Morgan fingerprint density at radius 3 is 2.67 bits per heavy atom. The van der Waals surface area contributed by atoms with Crippen molar-refractivity contribution in [2.24, 2.45) is 0 Å². The number of ether oxygens (including phenoxy) is 1. The van der Waals surface area contributed by atoms with E-state index >= 15 is 0 Å². The second-order valence-corrected chi connectivity index (χ2v) is 7.38. The molecule has 0 spiro atoms. The molecule has 0 saturated carbocycles. The van der Waals surface area contributed by atoms with Crippen LogP contribution in [0.1, 0.15) is 36.2 Å². The lowest BCUT2D eigenvalue weighted by atomic mass is 10.1. The SMILES string of the molecule is C[C@@H](NC(=O)COC(=O)CCCc1cccs1)c1ccc(Br)cc1. The fraction of sp³-hybridized carbons (Fsp3) is 0.333. The van der Waals surface area contributed by atoms with Gasteiger partial charge in [-0.2, -0.15) is 0 Å². The Bertz CT molecular complexity index is 655. The second kappa shape index (κ2) is 9.59. The highest BCUT2D eigenvalue weighted by atomic mass is 79.9. The molecule has 0 aliphatic rings. The number of nitrogens with one attached hydrogen (secondary N) is 1. The third-order valence-electron chi connectivity index (χ3n) is 3.50. The standard InChI is InChI=1S/C18H20BrNO3S/c1-13(14-7-9-15(19)10-8-14)20-17(21)12-23-18(22)6-2-4-16-5-3-11-24-16/h3,5,7-11,13H,2,4,6,12H2,1H3,(H,20,21)/t13-/m1/s1. The fourth-order valence-electron chi connectivity index (χ4n) is 2.20. The molecule has 1 atom stereocenters. The van der Waals surface area contributed by atoms with Crippen molar-refractivity contribution in [2.75, 3.05) is 6.61 Å². The number of carbonyl (C=O) groups is 2. The van der Waals surface area contributed by atoms with Crippen molar-refractivity contribution in [2.45, 2.75) is 32.2 Å². The van der Waals surface area contributed by atoms with Crippen LogP contribution in [0.4, 0.5) is 0 Å². The summed E-state index contributed by atoms with van der Waals surface area (Å²) in [7, 11) is 0. The van der Waals surface area contributed by atoms with Gasteiger partial charge in [-0.15, -0.1) is 11.3 Å². The third-order valence-corrected chi connectivity index (χ3v) is 4.96. The molecule has 1 aromatic carbocycles. The molecule has 0 aliphatic heterocycles. The maximum absolute atomic E-state index is 11.9. The minimum Gasteiger partial charge on any atom is -0.456 e. The zero-order valence-corrected chi connectivity index (χ0v) is 15.9. The van der Waals surface area contributed by atoms with Crippen LogP contribution < -0.4 is 5.32 Å². The van der Waals surface area contributed by atoms with Crippen molar-refractivity contribution in [3.8, 4) is 0 Å². The van der Waals surface area contributed by atoms with Gasteiger partial charge in [0.25, 0.3) is 5.91 Å². The van der Waals surface area contributed by atoms with Gasteiger partial charge in [0, 0.05) is 15.8 Å². The number of aryl methyl sites for hydroxylation is 1. The quantitative estimate of drug-likeness (QED) is 0.662. The molecule has 2 rings (SSSR count). The predicted octanol–water partition coefficient (Wildman–Crippen LogP) is 4.25. The molecule has 0 bridgehead atoms. The Hall–Kier alpha value is -1.66. The highest BCUT2D eigenvalue weighted by Gasteiger charge is 2.12. The topological polar surface area (TPSA) is 55.4 Å². The van der Waals surface area contributed by atoms with Crippen LogP contribution in [0.25, 0.3) is 0 Å². The number of esters is 1. The van der Waals surface area contributed by atoms with Crippen LogP contribution in [0.15, 0.2) is 46.3 Å². The molecule has 1 aromatic heterocycles. The van der Waals surface area contributed by atoms with E-state index < -0.39 is 0 Å². The first-order valence-electron chi connectivity index (χ1n) is 7.77. The van der Waals surface area contributed by atoms with Crippen molar-refractivity contribution in [1.29, 1.82) is 0 Å². The Kier molecular flexibility index (Phi) is 7.46. The summed E-state index contributed by atoms with van der Waals surface area (Å²) >= 11 is 5.05. The molecule has 2 aromatic rings. The van der Waals surface area contributed by atoms with Crippen LogP contribution in [0.2, 0.25) is 0 Å². The highest BCUT2D eigenvalue weighted by Crippen LogP contribution is 2.16. The maximum Gasteiger partial charge on any atom is 0.306 e. The monoisotopic (exact) mass is 409 g/mol. The van der Waals surface area contributed by atoms with Crippen molar-refractivity contribution in [1.82, 2.24) is 5.32 Å². The first-order valence-corrected chi connectivity index (χ1v) is 9.44. The zero-order valence-electron chi connectivity index (χ0n) is 13.5. The van der Waals surface area contributed by atoms with Crippen LogP contribution in [0.3, 0.4) is 0 Å². The summed E-state index contributed by atoms with van der Waals surface area (Å²) in [5, 5.41) is 4.84. The number of halogens is 1. The lowest BCUT2D eigenvalue weighted by molar-refractivity contribution is -0.148. The first-order chi connectivity index (χ1) is 11.5.